The summed E-state index contributed by atoms with van der Waals surface area (Å²) in [7, 11) is 1.62. The lowest BCUT2D eigenvalue weighted by atomic mass is 10.1. The molecule has 4 rings (SSSR count). The summed E-state index contributed by atoms with van der Waals surface area (Å²) in [4.78, 5) is 12.8. The normalized spacial score (nSPS) is 13.7. The van der Waals surface area contributed by atoms with E-state index in [1.807, 2.05) is 61.5 Å². The number of carbonyl (C=O) groups is 1. The fourth-order valence-corrected chi connectivity index (χ4v) is 3.29. The second kappa shape index (κ2) is 8.29. The molecule has 0 N–H and O–H groups in total. The lowest BCUT2D eigenvalue weighted by Gasteiger charge is -2.11. The molecule has 0 aromatic heterocycles. The molecule has 0 saturated heterocycles. The van der Waals surface area contributed by atoms with Gasteiger partial charge in [0.05, 0.1) is 12.7 Å². The number of Topliss-reactive ketones (excluding diaryl/α,β-unsaturated/α-hetero) is 1. The molecule has 150 valence electrons. The van der Waals surface area contributed by atoms with Gasteiger partial charge in [-0.1, -0.05) is 49.1 Å². The van der Waals surface area contributed by atoms with Crippen molar-refractivity contribution >= 4 is 17.9 Å². The molecule has 0 radical (unpaired) electrons. The molecular formula is C26H22O4. The number of fused-ring (bicyclic) bond motifs is 1. The Labute approximate surface area is 176 Å². The van der Waals surface area contributed by atoms with Crippen molar-refractivity contribution in [3.8, 4) is 17.2 Å². The number of ether oxygens (including phenoxy) is 3. The molecule has 4 heteroatoms. The summed E-state index contributed by atoms with van der Waals surface area (Å²) in [6.07, 6.45) is 3.55. The van der Waals surface area contributed by atoms with Crippen molar-refractivity contribution in [2.24, 2.45) is 0 Å². The van der Waals surface area contributed by atoms with E-state index in [1.165, 1.54) is 0 Å². The molecular weight excluding hydrogens is 376 g/mol. The highest BCUT2D eigenvalue weighted by Gasteiger charge is 2.30. The van der Waals surface area contributed by atoms with E-state index in [0.29, 0.717) is 29.4 Å². The molecule has 1 aliphatic rings. The van der Waals surface area contributed by atoms with Gasteiger partial charge in [0, 0.05) is 5.56 Å². The fraction of sp³-hybridized carbons (Fsp3) is 0.115. The van der Waals surface area contributed by atoms with Crippen molar-refractivity contribution in [3.05, 3.63) is 101 Å². The molecule has 0 unspecified atom stereocenters. The molecule has 3 aromatic rings. The van der Waals surface area contributed by atoms with Gasteiger partial charge in [0.25, 0.3) is 0 Å². The Bertz CT molecular complexity index is 1120. The third-order valence-corrected chi connectivity index (χ3v) is 5.06. The Kier molecular flexibility index (Phi) is 5.40. The van der Waals surface area contributed by atoms with Gasteiger partial charge in [0.15, 0.2) is 5.76 Å². The Hall–Kier alpha value is -3.79. The van der Waals surface area contributed by atoms with E-state index in [-0.39, 0.29) is 5.78 Å². The number of methoxy groups -OCH3 is 1. The van der Waals surface area contributed by atoms with Crippen molar-refractivity contribution < 1.29 is 19.0 Å². The molecule has 0 atom stereocenters. The van der Waals surface area contributed by atoms with Gasteiger partial charge in [0.2, 0.25) is 5.78 Å². The summed E-state index contributed by atoms with van der Waals surface area (Å²) in [5.74, 6) is 2.18. The van der Waals surface area contributed by atoms with Crippen LogP contribution in [0.1, 0.15) is 32.6 Å². The molecule has 0 spiro atoms. The second-order valence-corrected chi connectivity index (χ2v) is 7.01. The lowest BCUT2D eigenvalue weighted by molar-refractivity contribution is 0.101. The third kappa shape index (κ3) is 3.85. The van der Waals surface area contributed by atoms with Crippen molar-refractivity contribution in [2.45, 2.75) is 13.5 Å². The lowest BCUT2D eigenvalue weighted by Crippen LogP contribution is -1.98. The SMILES string of the molecule is C=Cc1ccc(COc2ccc3c(c2C)O/C(=C\c2ccc(OC)cc2)C3=O)cc1. The summed E-state index contributed by atoms with van der Waals surface area (Å²) in [6, 6.07) is 19.0. The molecule has 0 fully saturated rings. The zero-order valence-corrected chi connectivity index (χ0v) is 17.0. The van der Waals surface area contributed by atoms with Gasteiger partial charge < -0.3 is 14.2 Å². The maximum Gasteiger partial charge on any atom is 0.231 e. The number of carbonyl (C=O) groups excluding carboxylic acids is 1. The zero-order chi connectivity index (χ0) is 21.1. The maximum atomic E-state index is 12.8. The average Bonchev–Trinajstić information content (AvgIpc) is 3.10. The van der Waals surface area contributed by atoms with Crippen LogP contribution in [0.5, 0.6) is 17.2 Å². The van der Waals surface area contributed by atoms with Gasteiger partial charge in [-0.25, -0.2) is 0 Å². The van der Waals surface area contributed by atoms with Gasteiger partial charge in [-0.2, -0.15) is 0 Å². The Morgan fingerprint density at radius 1 is 0.967 bits per heavy atom. The van der Waals surface area contributed by atoms with Crippen LogP contribution >= 0.6 is 0 Å². The third-order valence-electron chi connectivity index (χ3n) is 5.06. The first-order valence-electron chi connectivity index (χ1n) is 9.65. The summed E-state index contributed by atoms with van der Waals surface area (Å²) in [5.41, 5.74) is 4.34. The van der Waals surface area contributed by atoms with Gasteiger partial charge in [-0.15, -0.1) is 0 Å². The van der Waals surface area contributed by atoms with Crippen LogP contribution in [0, 0.1) is 6.92 Å². The van der Waals surface area contributed by atoms with Crippen LogP contribution in [-0.2, 0) is 6.61 Å². The van der Waals surface area contributed by atoms with E-state index in [9.17, 15) is 4.79 Å². The van der Waals surface area contributed by atoms with E-state index in [2.05, 4.69) is 6.58 Å². The van der Waals surface area contributed by atoms with E-state index in [0.717, 1.165) is 28.0 Å². The topological polar surface area (TPSA) is 44.8 Å². The van der Waals surface area contributed by atoms with Crippen LogP contribution in [0.4, 0.5) is 0 Å². The minimum absolute atomic E-state index is 0.129. The number of benzene rings is 3. The van der Waals surface area contributed by atoms with E-state index in [4.69, 9.17) is 14.2 Å². The Morgan fingerprint density at radius 3 is 2.33 bits per heavy atom. The van der Waals surface area contributed by atoms with Crippen molar-refractivity contribution in [3.63, 3.8) is 0 Å². The zero-order valence-electron chi connectivity index (χ0n) is 17.0. The van der Waals surface area contributed by atoms with Gasteiger partial charge in [-0.05, 0) is 54.0 Å². The average molecular weight is 398 g/mol. The highest BCUT2D eigenvalue weighted by atomic mass is 16.5. The van der Waals surface area contributed by atoms with E-state index in [1.54, 1.807) is 25.3 Å². The predicted octanol–water partition coefficient (Wildman–Crippen LogP) is 5.84. The smallest absolute Gasteiger partial charge is 0.231 e. The van der Waals surface area contributed by atoms with Crippen molar-refractivity contribution in [2.75, 3.05) is 7.11 Å². The summed E-state index contributed by atoms with van der Waals surface area (Å²) >= 11 is 0. The monoisotopic (exact) mass is 398 g/mol. The number of hydrogen-bond donors (Lipinski definition) is 0. The minimum Gasteiger partial charge on any atom is -0.497 e. The van der Waals surface area contributed by atoms with Crippen LogP contribution in [0.2, 0.25) is 0 Å². The molecule has 0 saturated carbocycles. The molecule has 30 heavy (non-hydrogen) atoms. The van der Waals surface area contributed by atoms with Gasteiger partial charge in [0.1, 0.15) is 23.9 Å². The number of rotatable bonds is 6. The highest BCUT2D eigenvalue weighted by Crippen LogP contribution is 2.39. The van der Waals surface area contributed by atoms with E-state index >= 15 is 0 Å². The summed E-state index contributed by atoms with van der Waals surface area (Å²) in [5, 5.41) is 0. The Morgan fingerprint density at radius 2 is 1.67 bits per heavy atom. The summed E-state index contributed by atoms with van der Waals surface area (Å²) < 4.78 is 17.1. The molecule has 4 nitrogen and oxygen atoms in total. The number of allylic oxidation sites excluding steroid dienone is 1. The fourth-order valence-electron chi connectivity index (χ4n) is 3.29. The first kappa shape index (κ1) is 19.5. The van der Waals surface area contributed by atoms with Crippen molar-refractivity contribution in [1.29, 1.82) is 0 Å². The van der Waals surface area contributed by atoms with Crippen molar-refractivity contribution in [1.82, 2.24) is 0 Å². The van der Waals surface area contributed by atoms with Crippen LogP contribution < -0.4 is 14.2 Å². The highest BCUT2D eigenvalue weighted by molar-refractivity contribution is 6.14. The minimum atomic E-state index is -0.129. The standard InChI is InChI=1S/C26H22O4/c1-4-18-5-7-20(8-6-18)16-29-23-14-13-22-25(27)24(30-26(22)17(23)2)15-19-9-11-21(28-3)12-10-19/h4-15H,1,16H2,2-3H3/b24-15-. The largest absolute Gasteiger partial charge is 0.497 e. The molecule has 3 aromatic carbocycles. The molecule has 0 aliphatic carbocycles. The van der Waals surface area contributed by atoms with Gasteiger partial charge >= 0.3 is 0 Å². The predicted molar refractivity (Wildman–Crippen MR) is 118 cm³/mol. The van der Waals surface area contributed by atoms with Crippen LogP contribution in [-0.4, -0.2) is 12.9 Å². The van der Waals surface area contributed by atoms with Gasteiger partial charge in [-0.3, -0.25) is 4.79 Å². The maximum absolute atomic E-state index is 12.8. The first-order chi connectivity index (χ1) is 14.6. The number of ketones is 1. The molecule has 0 amide bonds. The first-order valence-corrected chi connectivity index (χ1v) is 9.65. The molecule has 0 bridgehead atoms. The molecule has 1 aliphatic heterocycles. The molecule has 1 heterocycles. The summed E-state index contributed by atoms with van der Waals surface area (Å²) in [6.45, 7) is 6.09. The second-order valence-electron chi connectivity index (χ2n) is 7.01. The quantitative estimate of drug-likeness (QED) is 0.489. The van der Waals surface area contributed by atoms with E-state index < -0.39 is 0 Å². The number of hydrogen-bond acceptors (Lipinski definition) is 4. The Balaban J connectivity index is 1.53. The van der Waals surface area contributed by atoms with Crippen LogP contribution in [0.15, 0.2) is 73.0 Å². The van der Waals surface area contributed by atoms with Crippen LogP contribution in [0.3, 0.4) is 0 Å². The van der Waals surface area contributed by atoms with Crippen LogP contribution in [0.25, 0.3) is 12.2 Å².